The van der Waals surface area contributed by atoms with Crippen molar-refractivity contribution in [2.75, 3.05) is 0 Å². The van der Waals surface area contributed by atoms with Crippen LogP contribution in [0.3, 0.4) is 0 Å². The first-order chi connectivity index (χ1) is 6.36. The van der Waals surface area contributed by atoms with E-state index in [4.69, 9.17) is 0 Å². The summed E-state index contributed by atoms with van der Waals surface area (Å²) >= 11 is 0. The molecule has 0 saturated heterocycles. The second kappa shape index (κ2) is 3.35. The molecular formula is C11H9NO. The van der Waals surface area contributed by atoms with Crippen molar-refractivity contribution in [1.29, 1.82) is 0 Å². The molecule has 1 atom stereocenters. The van der Waals surface area contributed by atoms with Gasteiger partial charge in [0.15, 0.2) is 0 Å². The van der Waals surface area contributed by atoms with E-state index < -0.39 is 0 Å². The maximum Gasteiger partial charge on any atom is 0.269 e. The third kappa shape index (κ3) is 1.72. The van der Waals surface area contributed by atoms with Crippen LogP contribution in [0.15, 0.2) is 53.1 Å². The van der Waals surface area contributed by atoms with Crippen LogP contribution in [0, 0.1) is 5.92 Å². The fourth-order valence-corrected chi connectivity index (χ4v) is 1.31. The molecule has 0 aromatic heterocycles. The maximum absolute atomic E-state index is 11.0. The van der Waals surface area contributed by atoms with E-state index in [-0.39, 0.29) is 11.8 Å². The topological polar surface area (TPSA) is 29.4 Å². The van der Waals surface area contributed by atoms with Gasteiger partial charge in [-0.3, -0.25) is 4.79 Å². The molecule has 0 fully saturated rings. The van der Waals surface area contributed by atoms with Crippen LogP contribution >= 0.6 is 0 Å². The highest BCUT2D eigenvalue weighted by Gasteiger charge is 2.09. The predicted molar refractivity (Wildman–Crippen MR) is 52.5 cm³/mol. The van der Waals surface area contributed by atoms with Gasteiger partial charge in [-0.15, -0.1) is 0 Å². The van der Waals surface area contributed by atoms with Crippen LogP contribution in [0.2, 0.25) is 0 Å². The first kappa shape index (κ1) is 7.92. The second-order valence-corrected chi connectivity index (χ2v) is 2.91. The highest BCUT2D eigenvalue weighted by molar-refractivity contribution is 5.95. The molecule has 0 spiro atoms. The summed E-state index contributed by atoms with van der Waals surface area (Å²) in [6.45, 7) is 0. The summed E-state index contributed by atoms with van der Waals surface area (Å²) in [5.41, 5.74) is 1.16. The van der Waals surface area contributed by atoms with Gasteiger partial charge in [0.25, 0.3) is 5.91 Å². The average molecular weight is 171 g/mol. The van der Waals surface area contributed by atoms with Gasteiger partial charge >= 0.3 is 0 Å². The number of rotatable bonds is 0. The molecular weight excluding hydrogens is 162 g/mol. The molecule has 0 aromatic rings. The molecule has 2 nitrogen and oxygen atoms in total. The van der Waals surface area contributed by atoms with Crippen molar-refractivity contribution in [3.63, 3.8) is 0 Å². The van der Waals surface area contributed by atoms with Crippen molar-refractivity contribution < 1.29 is 4.79 Å². The second-order valence-electron chi connectivity index (χ2n) is 2.91. The van der Waals surface area contributed by atoms with Crippen molar-refractivity contribution >= 4 is 12.1 Å². The normalized spacial score (nSPS) is 25.1. The molecule has 1 amide bonds. The van der Waals surface area contributed by atoms with Crippen LogP contribution < -0.4 is 0 Å². The molecule has 1 unspecified atom stereocenters. The zero-order valence-electron chi connectivity index (χ0n) is 7.05. The predicted octanol–water partition coefficient (Wildman–Crippen LogP) is 1.82. The van der Waals surface area contributed by atoms with E-state index in [1.165, 1.54) is 6.08 Å². The molecule has 0 saturated carbocycles. The molecule has 2 aliphatic rings. The van der Waals surface area contributed by atoms with E-state index >= 15 is 0 Å². The Labute approximate surface area is 76.7 Å². The summed E-state index contributed by atoms with van der Waals surface area (Å²) in [4.78, 5) is 14.7. The molecule has 0 radical (unpaired) electrons. The Morgan fingerprint density at radius 3 is 3.00 bits per heavy atom. The number of amides is 1. The lowest BCUT2D eigenvalue weighted by Gasteiger charge is -2.11. The van der Waals surface area contributed by atoms with Gasteiger partial charge < -0.3 is 0 Å². The van der Waals surface area contributed by atoms with E-state index in [1.54, 1.807) is 12.3 Å². The minimum Gasteiger partial charge on any atom is -0.267 e. The van der Waals surface area contributed by atoms with Crippen molar-refractivity contribution in [2.45, 2.75) is 0 Å². The summed E-state index contributed by atoms with van der Waals surface area (Å²) in [5.74, 6) is -0.0443. The minimum absolute atomic E-state index is 0.152. The van der Waals surface area contributed by atoms with Gasteiger partial charge in [0.1, 0.15) is 0 Å². The van der Waals surface area contributed by atoms with Gasteiger partial charge in [0.2, 0.25) is 0 Å². The molecule has 64 valence electrons. The van der Waals surface area contributed by atoms with E-state index in [2.05, 4.69) is 4.99 Å². The first-order valence-electron chi connectivity index (χ1n) is 4.17. The van der Waals surface area contributed by atoms with Crippen molar-refractivity contribution in [3.05, 3.63) is 48.1 Å². The monoisotopic (exact) mass is 171 g/mol. The number of nitrogens with zero attached hydrogens (tertiary/aromatic N) is 1. The number of hydrogen-bond acceptors (Lipinski definition) is 1. The fourth-order valence-electron chi connectivity index (χ4n) is 1.31. The van der Waals surface area contributed by atoms with E-state index in [1.807, 2.05) is 30.4 Å². The zero-order chi connectivity index (χ0) is 9.10. The van der Waals surface area contributed by atoms with Crippen molar-refractivity contribution in [1.82, 2.24) is 0 Å². The summed E-state index contributed by atoms with van der Waals surface area (Å²) in [6.07, 6.45) is 14.8. The molecule has 1 aliphatic heterocycles. The number of allylic oxidation sites excluding steroid dienone is 7. The van der Waals surface area contributed by atoms with Gasteiger partial charge in [0.05, 0.1) is 0 Å². The molecule has 1 heterocycles. The zero-order valence-corrected chi connectivity index (χ0v) is 7.05. The number of carbonyl (C=O) groups is 1. The van der Waals surface area contributed by atoms with Gasteiger partial charge in [-0.1, -0.05) is 36.5 Å². The third-order valence-electron chi connectivity index (χ3n) is 1.99. The molecule has 13 heavy (non-hydrogen) atoms. The van der Waals surface area contributed by atoms with E-state index in [0.717, 1.165) is 5.57 Å². The maximum atomic E-state index is 11.0. The molecule has 0 N–H and O–H groups in total. The van der Waals surface area contributed by atoms with E-state index in [9.17, 15) is 4.79 Å². The molecule has 2 rings (SSSR count). The van der Waals surface area contributed by atoms with Gasteiger partial charge in [-0.25, -0.2) is 4.99 Å². The highest BCUT2D eigenvalue weighted by Crippen LogP contribution is 2.17. The Morgan fingerprint density at radius 2 is 2.08 bits per heavy atom. The third-order valence-corrected chi connectivity index (χ3v) is 1.99. The van der Waals surface area contributed by atoms with Crippen molar-refractivity contribution in [3.8, 4) is 0 Å². The van der Waals surface area contributed by atoms with Crippen LogP contribution in [-0.4, -0.2) is 12.1 Å². The van der Waals surface area contributed by atoms with Gasteiger partial charge in [-0.05, 0) is 5.57 Å². The molecule has 1 aliphatic carbocycles. The molecule has 2 heteroatoms. The Kier molecular flexibility index (Phi) is 2.04. The Hall–Kier alpha value is -1.70. The quantitative estimate of drug-likeness (QED) is 0.546. The van der Waals surface area contributed by atoms with Gasteiger partial charge in [0, 0.05) is 18.2 Å². The average Bonchev–Trinajstić information content (AvgIpc) is 2.13. The van der Waals surface area contributed by atoms with Gasteiger partial charge in [-0.2, -0.15) is 0 Å². The molecule has 0 aromatic carbocycles. The Bertz CT molecular complexity index is 370. The lowest BCUT2D eigenvalue weighted by atomic mass is 9.95. The summed E-state index contributed by atoms with van der Waals surface area (Å²) in [7, 11) is 0. The summed E-state index contributed by atoms with van der Waals surface area (Å²) in [6, 6.07) is 0. The Morgan fingerprint density at radius 1 is 1.15 bits per heavy atom. The molecule has 0 bridgehead atoms. The lowest BCUT2D eigenvalue weighted by Crippen LogP contribution is -2.06. The first-order valence-corrected chi connectivity index (χ1v) is 4.17. The van der Waals surface area contributed by atoms with Crippen LogP contribution in [0.4, 0.5) is 0 Å². The summed E-state index contributed by atoms with van der Waals surface area (Å²) in [5, 5.41) is 0. The minimum atomic E-state index is -0.196. The van der Waals surface area contributed by atoms with Crippen LogP contribution in [0.25, 0.3) is 0 Å². The standard InChI is InChI=1S/C11H9NO/c13-11-7-3-6-9-4-1-2-5-10(9)8-12-11/h1-8,10H. The number of carbonyl (C=O) groups excluding carboxylic acids is 1. The highest BCUT2D eigenvalue weighted by atomic mass is 16.1. The fraction of sp³-hybridized carbons (Fsp3) is 0.0909. The van der Waals surface area contributed by atoms with Crippen LogP contribution in [0.1, 0.15) is 0 Å². The smallest absolute Gasteiger partial charge is 0.267 e. The largest absolute Gasteiger partial charge is 0.269 e. The SMILES string of the molecule is O=C1C=CC=C2C=CC=CC2C=N1. The van der Waals surface area contributed by atoms with Crippen LogP contribution in [-0.2, 0) is 4.79 Å². The Balaban J connectivity index is 2.39. The number of fused-ring (bicyclic) bond motifs is 1. The lowest BCUT2D eigenvalue weighted by molar-refractivity contribution is -0.113. The van der Waals surface area contributed by atoms with Crippen molar-refractivity contribution in [2.24, 2.45) is 10.9 Å². The number of aliphatic imine (C=N–C) groups is 1. The summed E-state index contributed by atoms with van der Waals surface area (Å²) < 4.78 is 0. The number of hydrogen-bond donors (Lipinski definition) is 0. The van der Waals surface area contributed by atoms with Crippen LogP contribution in [0.5, 0.6) is 0 Å². The van der Waals surface area contributed by atoms with E-state index in [0.29, 0.717) is 0 Å².